The maximum absolute atomic E-state index is 12.2. The standard InChI is InChI=1S/C17H25ClN2O4/c1-11(2)17(3,10-16(22)23)20-15(21)7-8-19-13-9-12(18)5-6-14(13)24-4/h5-6,9,11,19H,7-8,10H2,1-4H3,(H,20,21)(H,22,23). The van der Waals surface area contributed by atoms with Crippen molar-refractivity contribution in [1.29, 1.82) is 0 Å². The van der Waals surface area contributed by atoms with Gasteiger partial charge in [0.2, 0.25) is 5.91 Å². The van der Waals surface area contributed by atoms with E-state index in [1.165, 1.54) is 0 Å². The lowest BCUT2D eigenvalue weighted by molar-refractivity contribution is -0.139. The number of aliphatic carboxylic acids is 1. The average Bonchev–Trinajstić information content (AvgIpc) is 2.46. The quantitative estimate of drug-likeness (QED) is 0.632. The number of carboxylic acids is 1. The minimum absolute atomic E-state index is 0.00136. The van der Waals surface area contributed by atoms with Crippen molar-refractivity contribution in [3.05, 3.63) is 23.2 Å². The van der Waals surface area contributed by atoms with Gasteiger partial charge in [0.25, 0.3) is 0 Å². The van der Waals surface area contributed by atoms with Crippen LogP contribution in [-0.2, 0) is 9.59 Å². The van der Waals surface area contributed by atoms with Gasteiger partial charge in [0.15, 0.2) is 0 Å². The summed E-state index contributed by atoms with van der Waals surface area (Å²) in [5.41, 5.74) is -0.0774. The number of hydrogen-bond acceptors (Lipinski definition) is 4. The molecule has 6 nitrogen and oxygen atoms in total. The monoisotopic (exact) mass is 356 g/mol. The van der Waals surface area contributed by atoms with Crippen molar-refractivity contribution in [1.82, 2.24) is 5.32 Å². The van der Waals surface area contributed by atoms with Gasteiger partial charge in [-0.2, -0.15) is 0 Å². The highest BCUT2D eigenvalue weighted by molar-refractivity contribution is 6.30. The highest BCUT2D eigenvalue weighted by Gasteiger charge is 2.32. The Morgan fingerprint density at radius 3 is 2.58 bits per heavy atom. The average molecular weight is 357 g/mol. The lowest BCUT2D eigenvalue weighted by atomic mass is 9.85. The summed E-state index contributed by atoms with van der Waals surface area (Å²) in [4.78, 5) is 23.2. The maximum atomic E-state index is 12.2. The Kier molecular flexibility index (Phi) is 7.35. The van der Waals surface area contributed by atoms with E-state index in [0.29, 0.717) is 23.0 Å². The molecule has 7 heteroatoms. The fourth-order valence-electron chi connectivity index (χ4n) is 2.22. The van der Waals surface area contributed by atoms with Crippen LogP contribution in [0.2, 0.25) is 5.02 Å². The van der Waals surface area contributed by atoms with E-state index < -0.39 is 11.5 Å². The summed E-state index contributed by atoms with van der Waals surface area (Å²) in [7, 11) is 1.56. The molecule has 0 aromatic heterocycles. The Balaban J connectivity index is 2.60. The molecule has 0 aliphatic carbocycles. The van der Waals surface area contributed by atoms with E-state index in [9.17, 15) is 9.59 Å². The Hall–Kier alpha value is -1.95. The first-order valence-corrected chi connectivity index (χ1v) is 8.16. The molecule has 0 aliphatic heterocycles. The molecule has 1 aromatic rings. The smallest absolute Gasteiger partial charge is 0.305 e. The summed E-state index contributed by atoms with van der Waals surface area (Å²) in [5.74, 6) is -0.509. The largest absolute Gasteiger partial charge is 0.495 e. The van der Waals surface area contributed by atoms with Crippen LogP contribution in [0.3, 0.4) is 0 Å². The summed E-state index contributed by atoms with van der Waals surface area (Å²) in [6.45, 7) is 5.90. The Labute approximate surface area is 147 Å². The number of nitrogens with one attached hydrogen (secondary N) is 2. The molecule has 1 amide bonds. The molecule has 0 aliphatic rings. The zero-order chi connectivity index (χ0) is 18.3. The second-order valence-electron chi connectivity index (χ2n) is 6.21. The first kappa shape index (κ1) is 20.1. The minimum atomic E-state index is -0.937. The number of rotatable bonds is 9. The van der Waals surface area contributed by atoms with Crippen LogP contribution in [0.5, 0.6) is 5.75 Å². The van der Waals surface area contributed by atoms with Crippen LogP contribution in [0.1, 0.15) is 33.6 Å². The zero-order valence-electron chi connectivity index (χ0n) is 14.5. The summed E-state index contributed by atoms with van der Waals surface area (Å²) in [5, 5.41) is 15.5. The number of methoxy groups -OCH3 is 1. The van der Waals surface area contributed by atoms with Gasteiger partial charge >= 0.3 is 5.97 Å². The maximum Gasteiger partial charge on any atom is 0.305 e. The van der Waals surface area contributed by atoms with Crippen LogP contribution in [0, 0.1) is 5.92 Å². The second kappa shape index (κ2) is 8.78. The highest BCUT2D eigenvalue weighted by Crippen LogP contribution is 2.27. The van der Waals surface area contributed by atoms with E-state index in [1.807, 2.05) is 13.8 Å². The predicted molar refractivity (Wildman–Crippen MR) is 94.7 cm³/mol. The number of anilines is 1. The van der Waals surface area contributed by atoms with Crippen LogP contribution in [0.4, 0.5) is 5.69 Å². The molecule has 24 heavy (non-hydrogen) atoms. The molecular weight excluding hydrogens is 332 g/mol. The number of amides is 1. The van der Waals surface area contributed by atoms with Gasteiger partial charge in [-0.05, 0) is 31.0 Å². The molecule has 0 heterocycles. The Bertz CT molecular complexity index is 592. The van der Waals surface area contributed by atoms with E-state index in [0.717, 1.165) is 0 Å². The van der Waals surface area contributed by atoms with Crippen LogP contribution < -0.4 is 15.4 Å². The van der Waals surface area contributed by atoms with Gasteiger partial charge in [-0.1, -0.05) is 25.4 Å². The van der Waals surface area contributed by atoms with Crippen LogP contribution in [-0.4, -0.2) is 36.2 Å². The number of carbonyl (C=O) groups is 2. The fraction of sp³-hybridized carbons (Fsp3) is 0.529. The number of benzene rings is 1. The van der Waals surface area contributed by atoms with Crippen molar-refractivity contribution in [2.24, 2.45) is 5.92 Å². The molecule has 0 bridgehead atoms. The number of ether oxygens (including phenoxy) is 1. The van der Waals surface area contributed by atoms with Gasteiger partial charge < -0.3 is 20.5 Å². The summed E-state index contributed by atoms with van der Waals surface area (Å²) >= 11 is 5.96. The first-order chi connectivity index (χ1) is 11.2. The molecule has 0 fully saturated rings. The van der Waals surface area contributed by atoms with E-state index >= 15 is 0 Å². The molecular formula is C17H25ClN2O4. The van der Waals surface area contributed by atoms with Gasteiger partial charge in [-0.15, -0.1) is 0 Å². The van der Waals surface area contributed by atoms with Crippen molar-refractivity contribution in [2.75, 3.05) is 19.0 Å². The molecule has 0 saturated heterocycles. The lowest BCUT2D eigenvalue weighted by Crippen LogP contribution is -2.51. The predicted octanol–water partition coefficient (Wildman–Crippen LogP) is 3.16. The Morgan fingerprint density at radius 2 is 2.04 bits per heavy atom. The van der Waals surface area contributed by atoms with Crippen molar-refractivity contribution < 1.29 is 19.4 Å². The summed E-state index contributed by atoms with van der Waals surface area (Å²) < 4.78 is 5.23. The molecule has 0 saturated carbocycles. The minimum Gasteiger partial charge on any atom is -0.495 e. The lowest BCUT2D eigenvalue weighted by Gasteiger charge is -2.33. The summed E-state index contributed by atoms with van der Waals surface area (Å²) in [6.07, 6.45) is 0.0869. The van der Waals surface area contributed by atoms with E-state index in [-0.39, 0.29) is 24.7 Å². The molecule has 0 radical (unpaired) electrons. The van der Waals surface area contributed by atoms with Gasteiger partial charge in [0.05, 0.1) is 19.2 Å². The first-order valence-electron chi connectivity index (χ1n) is 7.78. The van der Waals surface area contributed by atoms with Crippen molar-refractivity contribution in [3.8, 4) is 5.75 Å². The van der Waals surface area contributed by atoms with Gasteiger partial charge in [0.1, 0.15) is 5.75 Å². The molecule has 134 valence electrons. The van der Waals surface area contributed by atoms with Gasteiger partial charge in [-0.25, -0.2) is 0 Å². The van der Waals surface area contributed by atoms with Crippen LogP contribution in [0.15, 0.2) is 18.2 Å². The molecule has 0 spiro atoms. The van der Waals surface area contributed by atoms with E-state index in [4.69, 9.17) is 21.4 Å². The van der Waals surface area contributed by atoms with Crippen molar-refractivity contribution >= 4 is 29.2 Å². The fourth-order valence-corrected chi connectivity index (χ4v) is 2.39. The van der Waals surface area contributed by atoms with E-state index in [2.05, 4.69) is 10.6 Å². The Morgan fingerprint density at radius 1 is 1.38 bits per heavy atom. The zero-order valence-corrected chi connectivity index (χ0v) is 15.2. The number of carbonyl (C=O) groups excluding carboxylic acids is 1. The van der Waals surface area contributed by atoms with Crippen molar-refractivity contribution in [2.45, 2.75) is 39.2 Å². The van der Waals surface area contributed by atoms with Gasteiger partial charge in [-0.3, -0.25) is 9.59 Å². The molecule has 3 N–H and O–H groups in total. The third-order valence-electron chi connectivity index (χ3n) is 4.05. The summed E-state index contributed by atoms with van der Waals surface area (Å²) in [6, 6.07) is 5.19. The molecule has 1 atom stereocenters. The third kappa shape index (κ3) is 5.92. The topological polar surface area (TPSA) is 87.7 Å². The van der Waals surface area contributed by atoms with Crippen LogP contribution in [0.25, 0.3) is 0 Å². The number of carboxylic acid groups (broad SMARTS) is 1. The third-order valence-corrected chi connectivity index (χ3v) is 4.28. The molecule has 1 unspecified atom stereocenters. The number of hydrogen-bond donors (Lipinski definition) is 3. The molecule has 1 aromatic carbocycles. The normalized spacial score (nSPS) is 13.2. The second-order valence-corrected chi connectivity index (χ2v) is 6.65. The molecule has 1 rings (SSSR count). The van der Waals surface area contributed by atoms with Crippen molar-refractivity contribution in [3.63, 3.8) is 0 Å². The van der Waals surface area contributed by atoms with Crippen LogP contribution >= 0.6 is 11.6 Å². The highest BCUT2D eigenvalue weighted by atomic mass is 35.5. The number of halogens is 1. The SMILES string of the molecule is COc1ccc(Cl)cc1NCCC(=O)NC(C)(CC(=O)O)C(C)C. The van der Waals surface area contributed by atoms with Gasteiger partial charge in [0, 0.05) is 23.5 Å². The van der Waals surface area contributed by atoms with E-state index in [1.54, 1.807) is 32.2 Å².